The monoisotopic (exact) mass is 125 g/mol. The highest BCUT2D eigenvalue weighted by Gasteiger charge is 2.03. The van der Waals surface area contributed by atoms with Crippen molar-refractivity contribution in [1.82, 2.24) is 0 Å². The second kappa shape index (κ2) is 3.85. The molecule has 0 aromatic carbocycles. The molecule has 1 atom stereocenters. The van der Waals surface area contributed by atoms with Crippen LogP contribution in [0.4, 0.5) is 4.39 Å². The van der Waals surface area contributed by atoms with Gasteiger partial charge < -0.3 is 0 Å². The highest BCUT2D eigenvalue weighted by Crippen LogP contribution is 2.09. The molecule has 0 radical (unpaired) electrons. The third-order valence-electron chi connectivity index (χ3n) is 0.884. The van der Waals surface area contributed by atoms with Gasteiger partial charge in [0, 0.05) is 0 Å². The maximum absolute atomic E-state index is 12.4. The lowest BCUT2D eigenvalue weighted by Gasteiger charge is -1.93. The number of allylic oxidation sites excluding steroid dienone is 3. The van der Waals surface area contributed by atoms with E-state index in [4.69, 9.17) is 5.26 Å². The van der Waals surface area contributed by atoms with Crippen molar-refractivity contribution in [3.05, 3.63) is 24.6 Å². The summed E-state index contributed by atoms with van der Waals surface area (Å²) in [5.74, 6) is -1.09. The second-order valence-corrected chi connectivity index (χ2v) is 1.64. The SMILES string of the molecule is C=C/C=C(/F)C(C)C#N. The van der Waals surface area contributed by atoms with E-state index in [9.17, 15) is 4.39 Å². The van der Waals surface area contributed by atoms with Gasteiger partial charge in [0.25, 0.3) is 0 Å². The summed E-state index contributed by atoms with van der Waals surface area (Å²) >= 11 is 0. The van der Waals surface area contributed by atoms with E-state index in [1.54, 1.807) is 6.07 Å². The standard InChI is InChI=1S/C7H8FN/c1-3-4-7(8)6(2)5-9/h3-4,6H,1H2,2H3/b7-4+. The molecule has 0 saturated carbocycles. The number of rotatable bonds is 2. The highest BCUT2D eigenvalue weighted by molar-refractivity contribution is 5.11. The molecule has 0 fully saturated rings. The van der Waals surface area contributed by atoms with Gasteiger partial charge in [-0.2, -0.15) is 5.26 Å². The van der Waals surface area contributed by atoms with Crippen molar-refractivity contribution in [2.75, 3.05) is 0 Å². The maximum Gasteiger partial charge on any atom is 0.117 e. The Balaban J connectivity index is 4.05. The first-order chi connectivity index (χ1) is 4.22. The number of nitriles is 1. The van der Waals surface area contributed by atoms with Gasteiger partial charge in [-0.05, 0) is 13.0 Å². The Morgan fingerprint density at radius 1 is 1.89 bits per heavy atom. The van der Waals surface area contributed by atoms with E-state index in [1.165, 1.54) is 19.1 Å². The first kappa shape index (κ1) is 7.90. The lowest BCUT2D eigenvalue weighted by Crippen LogP contribution is -1.88. The Morgan fingerprint density at radius 2 is 2.44 bits per heavy atom. The first-order valence-electron chi connectivity index (χ1n) is 2.60. The topological polar surface area (TPSA) is 23.8 Å². The number of hydrogen-bond donors (Lipinski definition) is 0. The summed E-state index contributed by atoms with van der Waals surface area (Å²) in [6.45, 7) is 4.79. The number of halogens is 1. The summed E-state index contributed by atoms with van der Waals surface area (Å²) in [5.41, 5.74) is 0. The van der Waals surface area contributed by atoms with Gasteiger partial charge in [0.05, 0.1) is 12.0 Å². The average Bonchev–Trinajstić information content (AvgIpc) is 1.87. The largest absolute Gasteiger partial charge is 0.210 e. The van der Waals surface area contributed by atoms with Crippen LogP contribution in [0.15, 0.2) is 24.6 Å². The minimum atomic E-state index is -0.650. The molecule has 1 nitrogen and oxygen atoms in total. The first-order valence-corrected chi connectivity index (χ1v) is 2.60. The quantitative estimate of drug-likeness (QED) is 0.519. The Morgan fingerprint density at radius 3 is 2.78 bits per heavy atom. The van der Waals surface area contributed by atoms with E-state index >= 15 is 0 Å². The van der Waals surface area contributed by atoms with Crippen LogP contribution in [0.25, 0.3) is 0 Å². The van der Waals surface area contributed by atoms with Gasteiger partial charge in [-0.3, -0.25) is 0 Å². The average molecular weight is 125 g/mol. The fraction of sp³-hybridized carbons (Fsp3) is 0.286. The zero-order valence-corrected chi connectivity index (χ0v) is 5.26. The number of hydrogen-bond acceptors (Lipinski definition) is 1. The minimum absolute atomic E-state index is 0.437. The molecule has 1 unspecified atom stereocenters. The lowest BCUT2D eigenvalue weighted by atomic mass is 10.2. The van der Waals surface area contributed by atoms with E-state index in [-0.39, 0.29) is 0 Å². The molecule has 0 aliphatic heterocycles. The molecule has 0 rings (SSSR count). The van der Waals surface area contributed by atoms with Gasteiger partial charge in [-0.1, -0.05) is 12.7 Å². The predicted molar refractivity (Wildman–Crippen MR) is 34.2 cm³/mol. The maximum atomic E-state index is 12.4. The fourth-order valence-corrected chi connectivity index (χ4v) is 0.319. The van der Waals surface area contributed by atoms with Gasteiger partial charge in [-0.25, -0.2) is 4.39 Å². The minimum Gasteiger partial charge on any atom is -0.210 e. The molecular formula is C7H8FN. The molecule has 0 aliphatic carbocycles. The molecule has 0 aromatic heterocycles. The highest BCUT2D eigenvalue weighted by atomic mass is 19.1. The van der Waals surface area contributed by atoms with E-state index in [2.05, 4.69) is 6.58 Å². The van der Waals surface area contributed by atoms with Gasteiger partial charge >= 0.3 is 0 Å². The van der Waals surface area contributed by atoms with Gasteiger partial charge in [-0.15, -0.1) is 0 Å². The van der Waals surface area contributed by atoms with Crippen LogP contribution < -0.4 is 0 Å². The summed E-state index contributed by atoms with van der Waals surface area (Å²) in [5, 5.41) is 8.17. The molecule has 0 bridgehead atoms. The van der Waals surface area contributed by atoms with Crippen LogP contribution >= 0.6 is 0 Å². The molecule has 0 aromatic rings. The Hall–Kier alpha value is -1.10. The molecular weight excluding hydrogens is 117 g/mol. The van der Waals surface area contributed by atoms with Crippen LogP contribution in [-0.4, -0.2) is 0 Å². The van der Waals surface area contributed by atoms with E-state index < -0.39 is 11.7 Å². The van der Waals surface area contributed by atoms with Crippen molar-refractivity contribution < 1.29 is 4.39 Å². The van der Waals surface area contributed by atoms with Crippen molar-refractivity contribution in [2.45, 2.75) is 6.92 Å². The van der Waals surface area contributed by atoms with Crippen molar-refractivity contribution in [3.63, 3.8) is 0 Å². The van der Waals surface area contributed by atoms with Crippen molar-refractivity contribution in [2.24, 2.45) is 5.92 Å². The van der Waals surface area contributed by atoms with E-state index in [0.717, 1.165) is 0 Å². The van der Waals surface area contributed by atoms with Crippen LogP contribution in [0.3, 0.4) is 0 Å². The Kier molecular flexibility index (Phi) is 3.38. The lowest BCUT2D eigenvalue weighted by molar-refractivity contribution is 0.554. The van der Waals surface area contributed by atoms with Gasteiger partial charge in [0.1, 0.15) is 5.83 Å². The van der Waals surface area contributed by atoms with Crippen molar-refractivity contribution in [3.8, 4) is 6.07 Å². The van der Waals surface area contributed by atoms with Crippen LogP contribution in [-0.2, 0) is 0 Å². The van der Waals surface area contributed by atoms with Crippen LogP contribution in [0.2, 0.25) is 0 Å². The van der Waals surface area contributed by atoms with Crippen LogP contribution in [0.1, 0.15) is 6.92 Å². The smallest absolute Gasteiger partial charge is 0.117 e. The Bertz CT molecular complexity index is 164. The molecule has 2 heteroatoms. The zero-order chi connectivity index (χ0) is 7.28. The summed E-state index contributed by atoms with van der Waals surface area (Å²) in [7, 11) is 0. The van der Waals surface area contributed by atoms with Crippen molar-refractivity contribution >= 4 is 0 Å². The molecule has 48 valence electrons. The number of nitrogens with zero attached hydrogens (tertiary/aromatic N) is 1. The third-order valence-corrected chi connectivity index (χ3v) is 0.884. The summed E-state index contributed by atoms with van der Waals surface area (Å²) in [4.78, 5) is 0. The van der Waals surface area contributed by atoms with Crippen LogP contribution in [0.5, 0.6) is 0 Å². The van der Waals surface area contributed by atoms with Crippen molar-refractivity contribution in [1.29, 1.82) is 5.26 Å². The van der Waals surface area contributed by atoms with Crippen LogP contribution in [0, 0.1) is 17.2 Å². The van der Waals surface area contributed by atoms with Gasteiger partial charge in [0.15, 0.2) is 0 Å². The molecule has 0 saturated heterocycles. The van der Waals surface area contributed by atoms with E-state index in [1.807, 2.05) is 0 Å². The van der Waals surface area contributed by atoms with E-state index in [0.29, 0.717) is 0 Å². The normalized spacial score (nSPS) is 14.1. The molecule has 0 N–H and O–H groups in total. The second-order valence-electron chi connectivity index (χ2n) is 1.64. The molecule has 9 heavy (non-hydrogen) atoms. The molecule has 0 spiro atoms. The predicted octanol–water partition coefficient (Wildman–Crippen LogP) is 2.19. The Labute approximate surface area is 54.1 Å². The summed E-state index contributed by atoms with van der Waals surface area (Å²) < 4.78 is 12.4. The molecule has 0 aliphatic rings. The molecule has 0 heterocycles. The summed E-state index contributed by atoms with van der Waals surface area (Å²) in [6.07, 6.45) is 2.51. The fourth-order valence-electron chi connectivity index (χ4n) is 0.319. The zero-order valence-electron chi connectivity index (χ0n) is 5.26. The van der Waals surface area contributed by atoms with Gasteiger partial charge in [0.2, 0.25) is 0 Å². The molecule has 0 amide bonds. The summed E-state index contributed by atoms with van der Waals surface area (Å²) in [6, 6.07) is 1.76. The third kappa shape index (κ3) is 2.65.